The third-order valence-corrected chi connectivity index (χ3v) is 3.75. The zero-order chi connectivity index (χ0) is 14.8. The number of rotatable bonds is 3. The average molecular weight is 275 g/mol. The standard InChI is InChI=1S/C19H17NO/c1-14-19(15(2)21)11-12-20(14)18-10-6-9-17(13-18)16-7-4-3-5-8-16/h3-13H,1-2H3. The SMILES string of the molecule is CC(=O)c1ccn(-c2cccc(-c3ccccc3)c2)c1C. The number of carbonyl (C=O) groups is 1. The fourth-order valence-electron chi connectivity index (χ4n) is 2.63. The summed E-state index contributed by atoms with van der Waals surface area (Å²) in [7, 11) is 0. The van der Waals surface area contributed by atoms with Gasteiger partial charge in [0.25, 0.3) is 0 Å². The normalized spacial score (nSPS) is 10.6. The number of hydrogen-bond acceptors (Lipinski definition) is 1. The predicted octanol–water partition coefficient (Wildman–Crippen LogP) is 4.66. The van der Waals surface area contributed by atoms with Crippen LogP contribution in [0.4, 0.5) is 0 Å². The quantitative estimate of drug-likeness (QED) is 0.637. The van der Waals surface area contributed by atoms with E-state index in [0.29, 0.717) is 0 Å². The van der Waals surface area contributed by atoms with E-state index in [1.54, 1.807) is 6.92 Å². The van der Waals surface area contributed by atoms with Gasteiger partial charge in [-0.2, -0.15) is 0 Å². The Balaban J connectivity index is 2.07. The molecule has 2 heteroatoms. The molecule has 0 saturated heterocycles. The number of benzene rings is 2. The minimum absolute atomic E-state index is 0.102. The van der Waals surface area contributed by atoms with Gasteiger partial charge in [0.1, 0.15) is 0 Å². The molecule has 2 nitrogen and oxygen atoms in total. The molecule has 1 heterocycles. The highest BCUT2D eigenvalue weighted by atomic mass is 16.1. The number of aromatic nitrogens is 1. The highest BCUT2D eigenvalue weighted by Crippen LogP contribution is 2.24. The molecule has 104 valence electrons. The summed E-state index contributed by atoms with van der Waals surface area (Å²) >= 11 is 0. The Morgan fingerprint density at radius 2 is 1.62 bits per heavy atom. The third kappa shape index (κ3) is 2.52. The van der Waals surface area contributed by atoms with E-state index in [0.717, 1.165) is 16.9 Å². The van der Waals surface area contributed by atoms with Crippen molar-refractivity contribution in [2.24, 2.45) is 0 Å². The summed E-state index contributed by atoms with van der Waals surface area (Å²) in [6, 6.07) is 20.5. The molecule has 0 aliphatic rings. The topological polar surface area (TPSA) is 22.0 Å². The Bertz CT molecular complexity index is 784. The summed E-state index contributed by atoms with van der Waals surface area (Å²) in [5.41, 5.74) is 5.19. The van der Waals surface area contributed by atoms with Crippen LogP contribution >= 0.6 is 0 Å². The number of carbonyl (C=O) groups excluding carboxylic acids is 1. The van der Waals surface area contributed by atoms with Gasteiger partial charge in [0.05, 0.1) is 0 Å². The molecule has 0 saturated carbocycles. The van der Waals surface area contributed by atoms with Gasteiger partial charge in [0.15, 0.2) is 5.78 Å². The van der Waals surface area contributed by atoms with Crippen LogP contribution < -0.4 is 0 Å². The second-order valence-electron chi connectivity index (χ2n) is 5.16. The van der Waals surface area contributed by atoms with Crippen LogP contribution in [0, 0.1) is 6.92 Å². The highest BCUT2D eigenvalue weighted by Gasteiger charge is 2.10. The van der Waals surface area contributed by atoms with Crippen molar-refractivity contribution in [1.82, 2.24) is 4.57 Å². The van der Waals surface area contributed by atoms with Crippen LogP contribution in [-0.4, -0.2) is 10.4 Å². The molecule has 1 aromatic heterocycles. The van der Waals surface area contributed by atoms with Gasteiger partial charge in [-0.25, -0.2) is 0 Å². The lowest BCUT2D eigenvalue weighted by atomic mass is 10.1. The minimum atomic E-state index is 0.102. The fraction of sp³-hybridized carbons (Fsp3) is 0.105. The van der Waals surface area contributed by atoms with E-state index < -0.39 is 0 Å². The third-order valence-electron chi connectivity index (χ3n) is 3.75. The number of hydrogen-bond donors (Lipinski definition) is 0. The Hall–Kier alpha value is -2.61. The molecule has 0 aliphatic heterocycles. The number of nitrogens with zero attached hydrogens (tertiary/aromatic N) is 1. The van der Waals surface area contributed by atoms with Gasteiger partial charge < -0.3 is 4.57 Å². The summed E-state index contributed by atoms with van der Waals surface area (Å²) in [6.07, 6.45) is 1.95. The van der Waals surface area contributed by atoms with E-state index in [1.807, 2.05) is 43.5 Å². The second kappa shape index (κ2) is 5.41. The first kappa shape index (κ1) is 13.4. The molecule has 3 aromatic rings. The fourth-order valence-corrected chi connectivity index (χ4v) is 2.63. The van der Waals surface area contributed by atoms with Crippen LogP contribution in [0.5, 0.6) is 0 Å². The molecule has 0 bridgehead atoms. The van der Waals surface area contributed by atoms with Crippen molar-refractivity contribution in [3.8, 4) is 16.8 Å². The Labute approximate surface area is 124 Å². The maximum Gasteiger partial charge on any atom is 0.161 e. The van der Waals surface area contributed by atoms with Crippen molar-refractivity contribution in [3.05, 3.63) is 78.1 Å². The molecule has 0 N–H and O–H groups in total. The largest absolute Gasteiger partial charge is 0.320 e. The number of Topliss-reactive ketones (excluding diaryl/α,β-unsaturated/α-hetero) is 1. The van der Waals surface area contributed by atoms with Crippen LogP contribution in [0.2, 0.25) is 0 Å². The van der Waals surface area contributed by atoms with E-state index in [9.17, 15) is 4.79 Å². The zero-order valence-corrected chi connectivity index (χ0v) is 12.2. The van der Waals surface area contributed by atoms with E-state index in [2.05, 4.69) is 34.9 Å². The van der Waals surface area contributed by atoms with Gasteiger partial charge >= 0.3 is 0 Å². The molecular weight excluding hydrogens is 258 g/mol. The Kier molecular flexibility index (Phi) is 3.44. The second-order valence-corrected chi connectivity index (χ2v) is 5.16. The lowest BCUT2D eigenvalue weighted by molar-refractivity contribution is 0.101. The molecule has 0 aliphatic carbocycles. The number of ketones is 1. The molecular formula is C19H17NO. The van der Waals surface area contributed by atoms with Crippen molar-refractivity contribution in [1.29, 1.82) is 0 Å². The van der Waals surface area contributed by atoms with Crippen LogP contribution in [0.3, 0.4) is 0 Å². The van der Waals surface area contributed by atoms with Gasteiger partial charge in [0, 0.05) is 23.1 Å². The predicted molar refractivity (Wildman–Crippen MR) is 85.9 cm³/mol. The molecule has 2 aromatic carbocycles. The Morgan fingerprint density at radius 3 is 2.29 bits per heavy atom. The molecule has 21 heavy (non-hydrogen) atoms. The van der Waals surface area contributed by atoms with Gasteiger partial charge in [-0.15, -0.1) is 0 Å². The molecule has 0 atom stereocenters. The zero-order valence-electron chi connectivity index (χ0n) is 12.2. The Morgan fingerprint density at radius 1 is 0.905 bits per heavy atom. The first-order valence-corrected chi connectivity index (χ1v) is 7.01. The molecule has 0 spiro atoms. The molecule has 3 rings (SSSR count). The summed E-state index contributed by atoms with van der Waals surface area (Å²) in [4.78, 5) is 11.6. The summed E-state index contributed by atoms with van der Waals surface area (Å²) in [6.45, 7) is 3.58. The summed E-state index contributed by atoms with van der Waals surface area (Å²) in [5.74, 6) is 0.102. The average Bonchev–Trinajstić information content (AvgIpc) is 2.90. The first-order chi connectivity index (χ1) is 10.2. The van der Waals surface area contributed by atoms with Gasteiger partial charge in [-0.1, -0.05) is 42.5 Å². The van der Waals surface area contributed by atoms with Crippen molar-refractivity contribution in [2.45, 2.75) is 13.8 Å². The summed E-state index contributed by atoms with van der Waals surface area (Å²) < 4.78 is 2.06. The van der Waals surface area contributed by atoms with Crippen molar-refractivity contribution in [2.75, 3.05) is 0 Å². The van der Waals surface area contributed by atoms with Gasteiger partial charge in [-0.3, -0.25) is 4.79 Å². The molecule has 0 amide bonds. The maximum absolute atomic E-state index is 11.6. The van der Waals surface area contributed by atoms with Crippen LogP contribution in [0.1, 0.15) is 23.0 Å². The van der Waals surface area contributed by atoms with E-state index in [1.165, 1.54) is 11.1 Å². The minimum Gasteiger partial charge on any atom is -0.320 e. The van der Waals surface area contributed by atoms with E-state index in [-0.39, 0.29) is 5.78 Å². The lowest BCUT2D eigenvalue weighted by Gasteiger charge is -2.09. The molecule has 0 fully saturated rings. The lowest BCUT2D eigenvalue weighted by Crippen LogP contribution is -1.99. The molecule has 0 radical (unpaired) electrons. The van der Waals surface area contributed by atoms with Crippen molar-refractivity contribution in [3.63, 3.8) is 0 Å². The van der Waals surface area contributed by atoms with Crippen LogP contribution in [-0.2, 0) is 0 Å². The maximum atomic E-state index is 11.6. The van der Waals surface area contributed by atoms with Crippen molar-refractivity contribution >= 4 is 5.78 Å². The first-order valence-electron chi connectivity index (χ1n) is 7.01. The van der Waals surface area contributed by atoms with E-state index in [4.69, 9.17) is 0 Å². The van der Waals surface area contributed by atoms with Gasteiger partial charge in [0.2, 0.25) is 0 Å². The van der Waals surface area contributed by atoms with Crippen LogP contribution in [0.15, 0.2) is 66.9 Å². The van der Waals surface area contributed by atoms with E-state index >= 15 is 0 Å². The monoisotopic (exact) mass is 275 g/mol. The van der Waals surface area contributed by atoms with Crippen molar-refractivity contribution < 1.29 is 4.79 Å². The van der Waals surface area contributed by atoms with Crippen LogP contribution in [0.25, 0.3) is 16.8 Å². The summed E-state index contributed by atoms with van der Waals surface area (Å²) in [5, 5.41) is 0. The highest BCUT2D eigenvalue weighted by molar-refractivity contribution is 5.95. The smallest absolute Gasteiger partial charge is 0.161 e. The molecule has 0 unspecified atom stereocenters. The van der Waals surface area contributed by atoms with Gasteiger partial charge in [-0.05, 0) is 43.2 Å².